The fraction of sp³-hybridized carbons (Fsp3) is 0.0909. The van der Waals surface area contributed by atoms with Crippen LogP contribution in [0.1, 0.15) is 16.2 Å². The standard InChI is InChI=1S/C11H8N4O3/c1-13-10(16)9-14-18-11(17)15(9)8-5-3-2-4-7(8)6-12/h2-5H,1H3,(H,13,16). The fourth-order valence-corrected chi connectivity index (χ4v) is 1.48. The number of hydrogen-bond acceptors (Lipinski definition) is 5. The van der Waals surface area contributed by atoms with E-state index in [-0.39, 0.29) is 17.1 Å². The zero-order chi connectivity index (χ0) is 13.1. The van der Waals surface area contributed by atoms with E-state index in [2.05, 4.69) is 15.0 Å². The van der Waals surface area contributed by atoms with Crippen LogP contribution in [0.4, 0.5) is 0 Å². The van der Waals surface area contributed by atoms with Gasteiger partial charge in [-0.05, 0) is 17.3 Å². The summed E-state index contributed by atoms with van der Waals surface area (Å²) in [7, 11) is 1.40. The Bertz CT molecular complexity index is 693. The molecule has 1 aromatic heterocycles. The van der Waals surface area contributed by atoms with Gasteiger partial charge < -0.3 is 5.32 Å². The van der Waals surface area contributed by atoms with Gasteiger partial charge in [-0.15, -0.1) is 0 Å². The number of amides is 1. The minimum absolute atomic E-state index is 0.204. The molecule has 0 fully saturated rings. The minimum atomic E-state index is -0.823. The Morgan fingerprint density at radius 1 is 1.50 bits per heavy atom. The maximum Gasteiger partial charge on any atom is 0.446 e. The molecular weight excluding hydrogens is 236 g/mol. The number of benzene rings is 1. The van der Waals surface area contributed by atoms with Crippen molar-refractivity contribution < 1.29 is 9.32 Å². The van der Waals surface area contributed by atoms with Crippen molar-refractivity contribution in [1.82, 2.24) is 15.0 Å². The van der Waals surface area contributed by atoms with Crippen molar-refractivity contribution in [3.63, 3.8) is 0 Å². The smallest absolute Gasteiger partial charge is 0.352 e. The van der Waals surface area contributed by atoms with Crippen molar-refractivity contribution in [2.24, 2.45) is 0 Å². The monoisotopic (exact) mass is 244 g/mol. The predicted octanol–water partition coefficient (Wildman–Crippen LogP) is 0.0568. The molecule has 7 nitrogen and oxygen atoms in total. The van der Waals surface area contributed by atoms with Gasteiger partial charge in [-0.3, -0.25) is 9.32 Å². The molecule has 90 valence electrons. The maximum atomic E-state index is 11.6. The molecule has 0 aliphatic heterocycles. The summed E-state index contributed by atoms with van der Waals surface area (Å²) < 4.78 is 5.42. The van der Waals surface area contributed by atoms with Crippen LogP contribution in [0.2, 0.25) is 0 Å². The highest BCUT2D eigenvalue weighted by atomic mass is 16.5. The number of carbonyl (C=O) groups is 1. The molecule has 0 spiro atoms. The minimum Gasteiger partial charge on any atom is -0.352 e. The lowest BCUT2D eigenvalue weighted by Gasteiger charge is -2.04. The van der Waals surface area contributed by atoms with Crippen LogP contribution in [0, 0.1) is 11.3 Å². The van der Waals surface area contributed by atoms with Crippen molar-refractivity contribution in [2.75, 3.05) is 7.05 Å². The predicted molar refractivity (Wildman–Crippen MR) is 60.2 cm³/mol. The Balaban J connectivity index is 2.72. The third-order valence-corrected chi connectivity index (χ3v) is 2.30. The number of hydrogen-bond donors (Lipinski definition) is 1. The van der Waals surface area contributed by atoms with E-state index in [9.17, 15) is 9.59 Å². The second-order valence-corrected chi connectivity index (χ2v) is 3.32. The number of nitrogens with one attached hydrogen (secondary N) is 1. The summed E-state index contributed by atoms with van der Waals surface area (Å²) in [5.74, 6) is -1.60. The van der Waals surface area contributed by atoms with Gasteiger partial charge in [0.05, 0.1) is 11.3 Å². The van der Waals surface area contributed by atoms with Gasteiger partial charge in [-0.25, -0.2) is 9.36 Å². The second kappa shape index (κ2) is 4.55. The molecule has 0 aliphatic carbocycles. The maximum absolute atomic E-state index is 11.6. The summed E-state index contributed by atoms with van der Waals surface area (Å²) in [5, 5.41) is 14.7. The number of para-hydroxylation sites is 1. The van der Waals surface area contributed by atoms with E-state index in [1.165, 1.54) is 19.2 Å². The first kappa shape index (κ1) is 11.6. The molecule has 2 rings (SSSR count). The summed E-state index contributed by atoms with van der Waals surface area (Å²) in [6.07, 6.45) is 0. The Hall–Kier alpha value is -2.88. The van der Waals surface area contributed by atoms with Gasteiger partial charge in [-0.2, -0.15) is 5.26 Å². The van der Waals surface area contributed by atoms with Crippen LogP contribution < -0.4 is 11.1 Å². The molecule has 18 heavy (non-hydrogen) atoms. The van der Waals surface area contributed by atoms with Crippen molar-refractivity contribution in [3.8, 4) is 11.8 Å². The first-order valence-corrected chi connectivity index (χ1v) is 4.99. The number of carbonyl (C=O) groups excluding carboxylic acids is 1. The summed E-state index contributed by atoms with van der Waals surface area (Å²) in [5.41, 5.74) is 0.498. The van der Waals surface area contributed by atoms with E-state index in [0.29, 0.717) is 0 Å². The normalized spacial score (nSPS) is 9.78. The quantitative estimate of drug-likeness (QED) is 0.804. The van der Waals surface area contributed by atoms with Gasteiger partial charge in [-0.1, -0.05) is 12.1 Å². The fourth-order valence-electron chi connectivity index (χ4n) is 1.48. The Kier molecular flexibility index (Phi) is 2.93. The molecule has 1 heterocycles. The van der Waals surface area contributed by atoms with Crippen LogP contribution in [-0.4, -0.2) is 22.7 Å². The van der Waals surface area contributed by atoms with Crippen LogP contribution in [-0.2, 0) is 0 Å². The first-order chi connectivity index (χ1) is 8.69. The van der Waals surface area contributed by atoms with Crippen LogP contribution in [0.5, 0.6) is 0 Å². The van der Waals surface area contributed by atoms with E-state index < -0.39 is 11.7 Å². The number of aromatic nitrogens is 2. The van der Waals surface area contributed by atoms with Gasteiger partial charge in [0.25, 0.3) is 5.91 Å². The molecule has 2 aromatic rings. The van der Waals surface area contributed by atoms with E-state index in [1.807, 2.05) is 6.07 Å². The molecule has 0 saturated carbocycles. The Morgan fingerprint density at radius 2 is 2.22 bits per heavy atom. The molecule has 1 N–H and O–H groups in total. The zero-order valence-electron chi connectivity index (χ0n) is 9.38. The van der Waals surface area contributed by atoms with Crippen LogP contribution >= 0.6 is 0 Å². The Labute approximate surface area is 101 Å². The number of nitriles is 1. The molecule has 7 heteroatoms. The molecule has 0 bridgehead atoms. The highest BCUT2D eigenvalue weighted by Gasteiger charge is 2.20. The molecule has 1 amide bonds. The first-order valence-electron chi connectivity index (χ1n) is 4.99. The molecule has 0 unspecified atom stereocenters. The van der Waals surface area contributed by atoms with Crippen molar-refractivity contribution >= 4 is 5.91 Å². The Morgan fingerprint density at radius 3 is 2.89 bits per heavy atom. The van der Waals surface area contributed by atoms with Crippen molar-refractivity contribution in [1.29, 1.82) is 5.26 Å². The highest BCUT2D eigenvalue weighted by molar-refractivity contribution is 5.90. The summed E-state index contributed by atoms with van der Waals surface area (Å²) >= 11 is 0. The van der Waals surface area contributed by atoms with E-state index in [0.717, 1.165) is 4.57 Å². The van der Waals surface area contributed by atoms with Gasteiger partial charge >= 0.3 is 5.76 Å². The van der Waals surface area contributed by atoms with Crippen molar-refractivity contribution in [2.45, 2.75) is 0 Å². The zero-order valence-corrected chi connectivity index (χ0v) is 9.38. The van der Waals surface area contributed by atoms with Gasteiger partial charge in [0.1, 0.15) is 6.07 Å². The number of nitrogens with zero attached hydrogens (tertiary/aromatic N) is 3. The van der Waals surface area contributed by atoms with E-state index in [1.54, 1.807) is 12.1 Å². The molecule has 0 saturated heterocycles. The molecule has 0 atom stereocenters. The lowest BCUT2D eigenvalue weighted by molar-refractivity contribution is 0.0947. The average molecular weight is 244 g/mol. The topological polar surface area (TPSA) is 101 Å². The van der Waals surface area contributed by atoms with Crippen LogP contribution in [0.15, 0.2) is 33.6 Å². The number of rotatable bonds is 2. The molecule has 0 radical (unpaired) electrons. The van der Waals surface area contributed by atoms with Gasteiger partial charge in [0.2, 0.25) is 5.82 Å². The molecular formula is C11H8N4O3. The molecule has 1 aromatic carbocycles. The van der Waals surface area contributed by atoms with E-state index in [4.69, 9.17) is 5.26 Å². The summed E-state index contributed by atoms with van der Waals surface area (Å²) in [4.78, 5) is 23.1. The van der Waals surface area contributed by atoms with Gasteiger partial charge in [0, 0.05) is 7.05 Å². The average Bonchev–Trinajstić information content (AvgIpc) is 2.79. The third-order valence-electron chi connectivity index (χ3n) is 2.30. The lowest BCUT2D eigenvalue weighted by atomic mass is 10.2. The van der Waals surface area contributed by atoms with Crippen LogP contribution in [0.25, 0.3) is 5.69 Å². The lowest BCUT2D eigenvalue weighted by Crippen LogP contribution is -2.26. The van der Waals surface area contributed by atoms with E-state index >= 15 is 0 Å². The summed E-state index contributed by atoms with van der Waals surface area (Å²) in [6, 6.07) is 8.29. The third kappa shape index (κ3) is 1.76. The molecule has 0 aliphatic rings. The van der Waals surface area contributed by atoms with Crippen molar-refractivity contribution in [3.05, 3.63) is 46.2 Å². The van der Waals surface area contributed by atoms with Gasteiger partial charge in [0.15, 0.2) is 0 Å². The highest BCUT2D eigenvalue weighted by Crippen LogP contribution is 2.13. The second-order valence-electron chi connectivity index (χ2n) is 3.32. The largest absolute Gasteiger partial charge is 0.446 e. The van der Waals surface area contributed by atoms with Crippen LogP contribution in [0.3, 0.4) is 0 Å². The SMILES string of the molecule is CNC(=O)c1noc(=O)n1-c1ccccc1C#N. The summed E-state index contributed by atoms with van der Waals surface area (Å²) in [6.45, 7) is 0.